The van der Waals surface area contributed by atoms with E-state index in [1.54, 1.807) is 4.90 Å². The van der Waals surface area contributed by atoms with Crippen molar-refractivity contribution in [1.82, 2.24) is 14.9 Å². The third kappa shape index (κ3) is 6.21. The van der Waals surface area contributed by atoms with E-state index in [2.05, 4.69) is 27.0 Å². The minimum Gasteiger partial charge on any atom is -0.409 e. The lowest BCUT2D eigenvalue weighted by atomic mass is 9.85. The number of nitrogens with zero attached hydrogens (tertiary/aromatic N) is 4. The number of rotatable bonds is 6. The van der Waals surface area contributed by atoms with Crippen molar-refractivity contribution < 1.29 is 14.3 Å². The highest BCUT2D eigenvalue weighted by molar-refractivity contribution is 5.92. The Morgan fingerprint density at radius 2 is 1.70 bits per heavy atom. The number of ether oxygens (including phenoxy) is 1. The van der Waals surface area contributed by atoms with E-state index < -0.39 is 12.0 Å². The van der Waals surface area contributed by atoms with Crippen LogP contribution >= 0.6 is 0 Å². The average Bonchev–Trinajstić information content (AvgIpc) is 2.83. The molecule has 4 heterocycles. The first kappa shape index (κ1) is 23.0. The van der Waals surface area contributed by atoms with E-state index in [4.69, 9.17) is 10.5 Å². The van der Waals surface area contributed by atoms with Crippen LogP contribution in [-0.2, 0) is 0 Å². The highest BCUT2D eigenvalue weighted by Crippen LogP contribution is 2.30. The van der Waals surface area contributed by atoms with Crippen LogP contribution in [0, 0.1) is 18.8 Å². The Balaban J connectivity index is 1.16. The molecule has 2 amide bonds. The van der Waals surface area contributed by atoms with Crippen LogP contribution in [0.3, 0.4) is 0 Å². The Bertz CT molecular complexity index is 966. The van der Waals surface area contributed by atoms with Gasteiger partial charge in [0.05, 0.1) is 11.8 Å². The zero-order valence-corrected chi connectivity index (χ0v) is 19.3. The van der Waals surface area contributed by atoms with E-state index in [1.165, 1.54) is 44.1 Å². The molecule has 4 rings (SSSR count). The molecule has 2 N–H and O–H groups in total. The number of carbonyl (C=O) groups is 2. The number of likely N-dealkylation sites (tertiary alicyclic amines) is 1. The van der Waals surface area contributed by atoms with E-state index in [-0.39, 0.29) is 11.3 Å². The summed E-state index contributed by atoms with van der Waals surface area (Å²) in [6.45, 7) is 5.60. The zero-order chi connectivity index (χ0) is 23.2. The molecular weight excluding hydrogens is 418 g/mol. The Morgan fingerprint density at radius 1 is 1.03 bits per heavy atom. The van der Waals surface area contributed by atoms with Gasteiger partial charge >= 0.3 is 6.09 Å². The molecule has 2 aromatic heterocycles. The van der Waals surface area contributed by atoms with Crippen LogP contribution in [0.25, 0.3) is 0 Å². The summed E-state index contributed by atoms with van der Waals surface area (Å²) in [7, 11) is 0. The molecular formula is C25H33N5O3. The molecule has 2 fully saturated rings. The van der Waals surface area contributed by atoms with Gasteiger partial charge in [-0.15, -0.1) is 0 Å². The number of hydrogen-bond acceptors (Lipinski definition) is 6. The average molecular weight is 452 g/mol. The number of aryl methyl sites for hydroxylation is 1. The Kier molecular flexibility index (Phi) is 7.42. The second-order valence-electron chi connectivity index (χ2n) is 9.22. The van der Waals surface area contributed by atoms with Crippen LogP contribution in [0.2, 0.25) is 0 Å². The lowest BCUT2D eigenvalue weighted by molar-refractivity contribution is 0.0998. The largest absolute Gasteiger partial charge is 0.415 e. The van der Waals surface area contributed by atoms with Crippen LogP contribution in [0.1, 0.15) is 54.6 Å². The van der Waals surface area contributed by atoms with Crippen LogP contribution < -0.4 is 15.4 Å². The molecule has 0 atom stereocenters. The summed E-state index contributed by atoms with van der Waals surface area (Å²) in [6, 6.07) is 7.68. The molecule has 0 aromatic carbocycles. The first-order chi connectivity index (χ1) is 16.0. The third-order valence-electron chi connectivity index (χ3n) is 6.87. The van der Waals surface area contributed by atoms with Crippen molar-refractivity contribution in [2.45, 2.75) is 45.4 Å². The second kappa shape index (κ2) is 10.6. The van der Waals surface area contributed by atoms with Crippen molar-refractivity contribution in [3.63, 3.8) is 0 Å². The van der Waals surface area contributed by atoms with Gasteiger partial charge in [-0.3, -0.25) is 9.78 Å². The monoisotopic (exact) mass is 451 g/mol. The van der Waals surface area contributed by atoms with E-state index in [0.717, 1.165) is 43.4 Å². The maximum Gasteiger partial charge on any atom is 0.415 e. The number of pyridine rings is 2. The number of primary amides is 1. The second-order valence-corrected chi connectivity index (χ2v) is 9.22. The van der Waals surface area contributed by atoms with Crippen molar-refractivity contribution in [2.75, 3.05) is 31.1 Å². The molecule has 0 saturated carbocycles. The van der Waals surface area contributed by atoms with Crippen LogP contribution in [0.4, 0.5) is 10.6 Å². The lowest BCUT2D eigenvalue weighted by Crippen LogP contribution is -2.40. The minimum atomic E-state index is -0.598. The highest BCUT2D eigenvalue weighted by Gasteiger charge is 2.26. The lowest BCUT2D eigenvalue weighted by Gasteiger charge is -2.35. The summed E-state index contributed by atoms with van der Waals surface area (Å²) in [5, 5.41) is 0. The van der Waals surface area contributed by atoms with Crippen molar-refractivity contribution in [2.24, 2.45) is 17.6 Å². The van der Waals surface area contributed by atoms with Gasteiger partial charge in [0.25, 0.3) is 0 Å². The number of aromatic nitrogens is 2. The number of amides is 2. The molecule has 0 bridgehead atoms. The maximum absolute atomic E-state index is 12.5. The van der Waals surface area contributed by atoms with Gasteiger partial charge in [0.15, 0.2) is 5.75 Å². The van der Waals surface area contributed by atoms with Gasteiger partial charge < -0.3 is 20.3 Å². The predicted molar refractivity (Wildman–Crippen MR) is 126 cm³/mol. The third-order valence-corrected chi connectivity index (χ3v) is 6.87. The molecule has 0 unspecified atom stereocenters. The number of piperidine rings is 2. The maximum atomic E-state index is 12.5. The normalized spacial score (nSPS) is 17.7. The van der Waals surface area contributed by atoms with E-state index in [0.29, 0.717) is 19.0 Å². The van der Waals surface area contributed by atoms with Crippen LogP contribution in [0.5, 0.6) is 5.75 Å². The summed E-state index contributed by atoms with van der Waals surface area (Å²) in [5.41, 5.74) is 6.55. The smallest absolute Gasteiger partial charge is 0.409 e. The zero-order valence-electron chi connectivity index (χ0n) is 19.3. The molecule has 176 valence electrons. The fourth-order valence-electron chi connectivity index (χ4n) is 4.81. The fraction of sp³-hybridized carbons (Fsp3) is 0.520. The van der Waals surface area contributed by atoms with Crippen LogP contribution in [-0.4, -0.2) is 53.0 Å². The number of hydrogen-bond donors (Lipinski definition) is 1. The van der Waals surface area contributed by atoms with Crippen molar-refractivity contribution in [3.05, 3.63) is 47.9 Å². The molecule has 8 nitrogen and oxygen atoms in total. The SMILES string of the molecule is Cc1cccc(N2CCC(CCC3CCN(C(=O)Oc4cncc(C(N)=O)c4)CC3)CC2)n1. The molecule has 33 heavy (non-hydrogen) atoms. The molecule has 2 aliphatic rings. The van der Waals surface area contributed by atoms with E-state index >= 15 is 0 Å². The Labute approximate surface area is 195 Å². The van der Waals surface area contributed by atoms with Gasteiger partial charge in [0.2, 0.25) is 5.91 Å². The molecule has 0 radical (unpaired) electrons. The number of anilines is 1. The molecule has 0 aliphatic carbocycles. The number of nitrogens with two attached hydrogens (primary N) is 1. The van der Waals surface area contributed by atoms with E-state index in [9.17, 15) is 9.59 Å². The minimum absolute atomic E-state index is 0.222. The summed E-state index contributed by atoms with van der Waals surface area (Å²) in [5.74, 6) is 2.18. The molecule has 2 aliphatic heterocycles. The predicted octanol–water partition coefficient (Wildman–Crippen LogP) is 3.79. The first-order valence-corrected chi connectivity index (χ1v) is 11.9. The summed E-state index contributed by atoms with van der Waals surface area (Å²) in [4.78, 5) is 36.5. The summed E-state index contributed by atoms with van der Waals surface area (Å²) < 4.78 is 5.40. The van der Waals surface area contributed by atoms with Crippen molar-refractivity contribution >= 4 is 17.8 Å². The van der Waals surface area contributed by atoms with Gasteiger partial charge in [0, 0.05) is 38.1 Å². The Morgan fingerprint density at radius 3 is 2.33 bits per heavy atom. The van der Waals surface area contributed by atoms with Gasteiger partial charge in [0.1, 0.15) is 5.82 Å². The molecule has 2 saturated heterocycles. The first-order valence-electron chi connectivity index (χ1n) is 11.9. The van der Waals surface area contributed by atoms with Crippen molar-refractivity contribution in [3.8, 4) is 5.75 Å². The molecule has 2 aromatic rings. The quantitative estimate of drug-likeness (QED) is 0.717. The summed E-state index contributed by atoms with van der Waals surface area (Å²) in [6.07, 6.45) is 9.30. The Hall–Kier alpha value is -3.16. The van der Waals surface area contributed by atoms with Gasteiger partial charge in [-0.2, -0.15) is 0 Å². The van der Waals surface area contributed by atoms with Crippen LogP contribution in [0.15, 0.2) is 36.7 Å². The highest BCUT2D eigenvalue weighted by atomic mass is 16.6. The fourth-order valence-corrected chi connectivity index (χ4v) is 4.81. The number of carbonyl (C=O) groups excluding carboxylic acids is 2. The van der Waals surface area contributed by atoms with Gasteiger partial charge in [-0.05, 0) is 62.6 Å². The summed E-state index contributed by atoms with van der Waals surface area (Å²) >= 11 is 0. The van der Waals surface area contributed by atoms with E-state index in [1.807, 2.05) is 13.0 Å². The molecule has 0 spiro atoms. The van der Waals surface area contributed by atoms with Crippen molar-refractivity contribution in [1.29, 1.82) is 0 Å². The van der Waals surface area contributed by atoms with Gasteiger partial charge in [-0.25, -0.2) is 9.78 Å². The molecule has 8 heteroatoms. The topological polar surface area (TPSA) is 102 Å². The standard InChI is InChI=1S/C25H33N5O3/c1-18-3-2-4-23(28-18)29-11-7-19(8-12-29)5-6-20-9-13-30(14-10-20)25(32)33-22-15-21(24(26)31)16-27-17-22/h2-4,15-17,19-20H,5-14H2,1H3,(H2,26,31). The van der Waals surface area contributed by atoms with Gasteiger partial charge in [-0.1, -0.05) is 18.9 Å².